The van der Waals surface area contributed by atoms with Gasteiger partial charge in [0.05, 0.1) is 10.7 Å². The standard InChI is InChI=1S/C24H33N5O8S3/c1-23(2,3)21(34)37-9-14-24(20(32)33,40-12-5-7-36-8-6-12)11-29-18(31)16(19(29)39-14)27-17(30)15(28-35-4)13-10-38-22(25)26-13/h10,12,14,16,19H,5-9,11H2,1-4H3,(H2,25,26)(H,27,30)(H,32,33)/t14?,16?,19-,24?/m1/s1. The second-order valence-electron chi connectivity index (χ2n) is 10.6. The molecule has 1 aromatic rings. The van der Waals surface area contributed by atoms with Gasteiger partial charge in [0, 0.05) is 30.4 Å². The lowest BCUT2D eigenvalue weighted by atomic mass is 9.96. The quantitative estimate of drug-likeness (QED) is 0.156. The largest absolute Gasteiger partial charge is 0.480 e. The minimum absolute atomic E-state index is 0.00746. The van der Waals surface area contributed by atoms with Gasteiger partial charge in [-0.2, -0.15) is 0 Å². The molecule has 0 aliphatic carbocycles. The minimum Gasteiger partial charge on any atom is -0.480 e. The first-order chi connectivity index (χ1) is 18.9. The van der Waals surface area contributed by atoms with E-state index in [9.17, 15) is 24.3 Å². The maximum Gasteiger partial charge on any atom is 0.322 e. The summed E-state index contributed by atoms with van der Waals surface area (Å²) in [7, 11) is 1.28. The van der Waals surface area contributed by atoms with Crippen molar-refractivity contribution >= 4 is 69.5 Å². The molecule has 220 valence electrons. The molecular weight excluding hydrogens is 582 g/mol. The second kappa shape index (κ2) is 12.1. The predicted octanol–water partition coefficient (Wildman–Crippen LogP) is 1.17. The Balaban J connectivity index is 1.56. The number of carboxylic acids is 1. The van der Waals surface area contributed by atoms with Gasteiger partial charge in [-0.25, -0.2) is 4.98 Å². The van der Waals surface area contributed by atoms with Crippen molar-refractivity contribution in [3.63, 3.8) is 0 Å². The van der Waals surface area contributed by atoms with E-state index in [2.05, 4.69) is 15.5 Å². The van der Waals surface area contributed by atoms with Crippen LogP contribution in [0.2, 0.25) is 0 Å². The number of hydrogen-bond acceptors (Lipinski definition) is 13. The van der Waals surface area contributed by atoms with Crippen LogP contribution in [-0.2, 0) is 33.5 Å². The smallest absolute Gasteiger partial charge is 0.322 e. The molecule has 0 radical (unpaired) electrons. The number of amides is 2. The molecular formula is C24H33N5O8S3. The minimum atomic E-state index is -1.42. The molecule has 0 aromatic carbocycles. The van der Waals surface area contributed by atoms with Gasteiger partial charge in [0.15, 0.2) is 10.8 Å². The molecule has 3 aliphatic heterocycles. The molecule has 3 fully saturated rings. The molecule has 3 saturated heterocycles. The highest BCUT2D eigenvalue weighted by molar-refractivity contribution is 8.05. The summed E-state index contributed by atoms with van der Waals surface area (Å²) >= 11 is 3.64. The Hall–Kier alpha value is -2.56. The molecule has 13 nitrogen and oxygen atoms in total. The van der Waals surface area contributed by atoms with E-state index < -0.39 is 50.6 Å². The predicted molar refractivity (Wildman–Crippen MR) is 151 cm³/mol. The number of β-lactam (4-membered cyclic amide) rings is 1. The third-order valence-electron chi connectivity index (χ3n) is 6.70. The maximum absolute atomic E-state index is 13.2. The zero-order valence-corrected chi connectivity index (χ0v) is 25.0. The van der Waals surface area contributed by atoms with Crippen molar-refractivity contribution in [2.45, 2.75) is 60.3 Å². The zero-order chi connectivity index (χ0) is 29.2. The molecule has 3 unspecified atom stereocenters. The highest BCUT2D eigenvalue weighted by atomic mass is 32.2. The fourth-order valence-electron chi connectivity index (χ4n) is 4.51. The monoisotopic (exact) mass is 615 g/mol. The Labute approximate surface area is 243 Å². The van der Waals surface area contributed by atoms with Crippen LogP contribution in [0.4, 0.5) is 5.13 Å². The second-order valence-corrected chi connectivity index (χ2v) is 14.4. The van der Waals surface area contributed by atoms with Gasteiger partial charge in [0.25, 0.3) is 5.91 Å². The number of aromatic nitrogens is 1. The van der Waals surface area contributed by atoms with Gasteiger partial charge in [-0.15, -0.1) is 34.9 Å². The van der Waals surface area contributed by atoms with Gasteiger partial charge in [-0.05, 0) is 33.6 Å². The first-order valence-electron chi connectivity index (χ1n) is 12.6. The number of nitrogen functional groups attached to an aromatic ring is 1. The molecule has 16 heteroatoms. The Morgan fingerprint density at radius 1 is 1.35 bits per heavy atom. The lowest BCUT2D eigenvalue weighted by Gasteiger charge is -2.56. The number of nitrogens with two attached hydrogens (primary N) is 1. The summed E-state index contributed by atoms with van der Waals surface area (Å²) in [5, 5.41) is 17.5. The van der Waals surface area contributed by atoms with E-state index in [1.807, 2.05) is 0 Å². The molecule has 2 amide bonds. The summed E-state index contributed by atoms with van der Waals surface area (Å²) in [6, 6.07) is -0.948. The SMILES string of the molecule is CON=C(C(=O)NC1C(=O)N2CC(SC3CCOCC3)(C(=O)O)C(COC(=O)C(C)(C)C)S[C@H]12)c1csc(N)n1. The van der Waals surface area contributed by atoms with Gasteiger partial charge in [-0.1, -0.05) is 5.16 Å². The van der Waals surface area contributed by atoms with Gasteiger partial charge >= 0.3 is 11.9 Å². The maximum atomic E-state index is 13.2. The van der Waals surface area contributed by atoms with Crippen LogP contribution in [0.1, 0.15) is 39.3 Å². The number of carbonyl (C=O) groups is 4. The van der Waals surface area contributed by atoms with Crippen LogP contribution < -0.4 is 11.1 Å². The molecule has 4 N–H and O–H groups in total. The van der Waals surface area contributed by atoms with E-state index in [1.54, 1.807) is 26.2 Å². The third-order valence-corrected chi connectivity index (χ3v) is 11.0. The van der Waals surface area contributed by atoms with Crippen LogP contribution in [0.25, 0.3) is 0 Å². The first kappa shape index (κ1) is 30.4. The summed E-state index contributed by atoms with van der Waals surface area (Å²) in [6.45, 7) is 5.97. The number of aliphatic carboxylic acids is 1. The van der Waals surface area contributed by atoms with Crippen molar-refractivity contribution in [1.82, 2.24) is 15.2 Å². The van der Waals surface area contributed by atoms with E-state index in [4.69, 9.17) is 20.0 Å². The summed E-state index contributed by atoms with van der Waals surface area (Å²) in [6.07, 6.45) is 1.36. The lowest BCUT2D eigenvalue weighted by Crippen LogP contribution is -2.77. The number of hydrogen-bond donors (Lipinski definition) is 3. The van der Waals surface area contributed by atoms with E-state index in [-0.39, 0.29) is 34.9 Å². The Morgan fingerprint density at radius 2 is 2.05 bits per heavy atom. The van der Waals surface area contributed by atoms with Crippen LogP contribution in [-0.4, -0.2) is 105 Å². The molecule has 0 bridgehead atoms. The average Bonchev–Trinajstić information content (AvgIpc) is 3.34. The summed E-state index contributed by atoms with van der Waals surface area (Å²) < 4.78 is 9.63. The zero-order valence-electron chi connectivity index (χ0n) is 22.6. The van der Waals surface area contributed by atoms with Gasteiger partial charge in [0.2, 0.25) is 5.91 Å². The first-order valence-corrected chi connectivity index (χ1v) is 15.3. The molecule has 3 aliphatic rings. The Kier molecular flexibility index (Phi) is 9.21. The fraction of sp³-hybridized carbons (Fsp3) is 0.667. The van der Waals surface area contributed by atoms with E-state index in [1.165, 1.54) is 35.5 Å². The van der Waals surface area contributed by atoms with Crippen molar-refractivity contribution in [1.29, 1.82) is 0 Å². The number of nitrogens with one attached hydrogen (secondary N) is 1. The molecule has 1 aromatic heterocycles. The number of oxime groups is 1. The molecule has 4 heterocycles. The number of esters is 1. The molecule has 4 atom stereocenters. The van der Waals surface area contributed by atoms with Crippen molar-refractivity contribution in [2.24, 2.45) is 10.6 Å². The number of nitrogens with zero attached hydrogens (tertiary/aromatic N) is 3. The van der Waals surface area contributed by atoms with Crippen LogP contribution in [0.5, 0.6) is 0 Å². The van der Waals surface area contributed by atoms with Crippen molar-refractivity contribution in [2.75, 3.05) is 39.2 Å². The van der Waals surface area contributed by atoms with Crippen LogP contribution in [0, 0.1) is 5.41 Å². The normalized spacial score (nSPS) is 27.4. The van der Waals surface area contributed by atoms with Crippen molar-refractivity contribution < 1.29 is 38.6 Å². The highest BCUT2D eigenvalue weighted by Gasteiger charge is 2.63. The fourth-order valence-corrected chi connectivity index (χ4v) is 8.50. The molecule has 40 heavy (non-hydrogen) atoms. The number of anilines is 1. The topological polar surface area (TPSA) is 183 Å². The van der Waals surface area contributed by atoms with E-state index >= 15 is 0 Å². The molecule has 0 saturated carbocycles. The molecule has 4 rings (SSSR count). The lowest BCUT2D eigenvalue weighted by molar-refractivity contribution is -0.157. The average molecular weight is 616 g/mol. The summed E-state index contributed by atoms with van der Waals surface area (Å²) in [4.78, 5) is 62.2. The number of rotatable bonds is 9. The number of fused-ring (bicyclic) bond motifs is 1. The van der Waals surface area contributed by atoms with Gasteiger partial charge < -0.3 is 35.4 Å². The van der Waals surface area contributed by atoms with Gasteiger partial charge in [0.1, 0.15) is 35.6 Å². The Bertz CT molecular complexity index is 1180. The van der Waals surface area contributed by atoms with Crippen molar-refractivity contribution in [3.8, 4) is 0 Å². The molecule has 0 spiro atoms. The Morgan fingerprint density at radius 3 is 2.62 bits per heavy atom. The number of carboxylic acid groups (broad SMARTS) is 1. The van der Waals surface area contributed by atoms with Crippen LogP contribution in [0.3, 0.4) is 0 Å². The van der Waals surface area contributed by atoms with Crippen LogP contribution in [0.15, 0.2) is 10.5 Å². The number of thioether (sulfide) groups is 2. The van der Waals surface area contributed by atoms with Crippen molar-refractivity contribution in [3.05, 3.63) is 11.1 Å². The number of thiazole rings is 1. The van der Waals surface area contributed by atoms with E-state index in [0.717, 1.165) is 11.3 Å². The number of ether oxygens (including phenoxy) is 2. The highest BCUT2D eigenvalue weighted by Crippen LogP contribution is 2.51. The third kappa shape index (κ3) is 6.19. The van der Waals surface area contributed by atoms with E-state index in [0.29, 0.717) is 26.1 Å². The summed E-state index contributed by atoms with van der Waals surface area (Å²) in [5.41, 5.74) is 4.97. The number of carbonyl (C=O) groups excluding carboxylic acids is 3. The van der Waals surface area contributed by atoms with Gasteiger partial charge in [-0.3, -0.25) is 19.2 Å². The summed E-state index contributed by atoms with van der Waals surface area (Å²) in [5.74, 6) is -2.64. The van der Waals surface area contributed by atoms with Crippen LogP contribution >= 0.6 is 34.9 Å².